The van der Waals surface area contributed by atoms with Crippen LogP contribution in [0.3, 0.4) is 0 Å². The Kier molecular flexibility index (Phi) is 5.51. The van der Waals surface area contributed by atoms with Crippen LogP contribution in [0.15, 0.2) is 18.2 Å². The molecule has 2 N–H and O–H groups in total. The minimum absolute atomic E-state index is 0.0664. The second kappa shape index (κ2) is 7.68. The quantitative estimate of drug-likeness (QED) is 0.857. The molecule has 2 atom stereocenters. The van der Waals surface area contributed by atoms with E-state index in [2.05, 4.69) is 10.3 Å². The molecule has 2 amide bonds. The summed E-state index contributed by atoms with van der Waals surface area (Å²) in [6.45, 7) is 6.54. The van der Waals surface area contributed by atoms with Crippen molar-refractivity contribution in [3.05, 3.63) is 29.6 Å². The Balaban J connectivity index is 1.73. The van der Waals surface area contributed by atoms with E-state index in [4.69, 9.17) is 0 Å². The van der Waals surface area contributed by atoms with Crippen molar-refractivity contribution >= 4 is 22.8 Å². The van der Waals surface area contributed by atoms with Crippen molar-refractivity contribution in [1.29, 1.82) is 0 Å². The summed E-state index contributed by atoms with van der Waals surface area (Å²) < 4.78 is 1.99. The van der Waals surface area contributed by atoms with Crippen LogP contribution in [-0.2, 0) is 11.8 Å². The van der Waals surface area contributed by atoms with Crippen LogP contribution in [0.2, 0.25) is 0 Å². The van der Waals surface area contributed by atoms with Crippen LogP contribution in [0, 0.1) is 12.8 Å². The van der Waals surface area contributed by atoms with Crippen molar-refractivity contribution in [3.8, 4) is 0 Å². The smallest absolute Gasteiger partial charge is 0.253 e. The zero-order valence-electron chi connectivity index (χ0n) is 16.4. The first kappa shape index (κ1) is 19.4. The molecule has 1 aromatic heterocycles. The van der Waals surface area contributed by atoms with E-state index in [1.54, 1.807) is 4.90 Å². The topological polar surface area (TPSA) is 87.5 Å². The zero-order chi connectivity index (χ0) is 19.7. The third kappa shape index (κ3) is 3.98. The van der Waals surface area contributed by atoms with Crippen molar-refractivity contribution in [2.24, 2.45) is 13.0 Å². The second-order valence-electron chi connectivity index (χ2n) is 7.63. The summed E-state index contributed by atoms with van der Waals surface area (Å²) in [5.74, 6) is 0.626. The summed E-state index contributed by atoms with van der Waals surface area (Å²) in [6.07, 6.45) is 0.335. The maximum absolute atomic E-state index is 13.0. The van der Waals surface area contributed by atoms with Gasteiger partial charge in [-0.1, -0.05) is 13.8 Å². The van der Waals surface area contributed by atoms with Crippen LogP contribution in [0.25, 0.3) is 11.0 Å². The number of likely N-dealkylation sites (tertiary alicyclic amines) is 1. The molecule has 0 saturated carbocycles. The van der Waals surface area contributed by atoms with Crippen LogP contribution in [0.1, 0.15) is 42.9 Å². The van der Waals surface area contributed by atoms with E-state index in [0.29, 0.717) is 31.5 Å². The number of carbonyl (C=O) groups excluding carboxylic acids is 2. The summed E-state index contributed by atoms with van der Waals surface area (Å²) in [6, 6.07) is 5.24. The molecule has 3 rings (SSSR count). The fraction of sp³-hybridized carbons (Fsp3) is 0.550. The van der Waals surface area contributed by atoms with Gasteiger partial charge in [-0.05, 0) is 38.0 Å². The highest BCUT2D eigenvalue weighted by Crippen LogP contribution is 2.20. The molecule has 1 aliphatic rings. The molecule has 7 heteroatoms. The SMILES string of the molecule is Cc1nc2cc(C(=O)N3CC[C@H](NC(=O)C(C)C)[C@@H](O)CC3)ccc2n1C. The van der Waals surface area contributed by atoms with Crippen molar-refractivity contribution in [3.63, 3.8) is 0 Å². The molecule has 7 nitrogen and oxygen atoms in total. The van der Waals surface area contributed by atoms with Crippen LogP contribution in [-0.4, -0.2) is 56.6 Å². The fourth-order valence-corrected chi connectivity index (χ4v) is 3.45. The number of aromatic nitrogens is 2. The van der Waals surface area contributed by atoms with Crippen LogP contribution in [0.5, 0.6) is 0 Å². The summed E-state index contributed by atoms with van der Waals surface area (Å²) in [5.41, 5.74) is 2.39. The Morgan fingerprint density at radius 3 is 2.67 bits per heavy atom. The third-order valence-corrected chi connectivity index (χ3v) is 5.36. The first-order valence-corrected chi connectivity index (χ1v) is 9.48. The van der Waals surface area contributed by atoms with Crippen molar-refractivity contribution in [2.45, 2.75) is 45.8 Å². The van der Waals surface area contributed by atoms with Gasteiger partial charge in [0, 0.05) is 31.6 Å². The Morgan fingerprint density at radius 1 is 1.26 bits per heavy atom. The van der Waals surface area contributed by atoms with Crippen molar-refractivity contribution < 1.29 is 14.7 Å². The average molecular weight is 372 g/mol. The summed E-state index contributed by atoms with van der Waals surface area (Å²) in [4.78, 5) is 31.2. The molecule has 27 heavy (non-hydrogen) atoms. The summed E-state index contributed by atoms with van der Waals surface area (Å²) >= 11 is 0. The number of aryl methyl sites for hydroxylation is 2. The molecule has 1 aliphatic heterocycles. The molecule has 1 fully saturated rings. The number of carbonyl (C=O) groups is 2. The molecule has 2 heterocycles. The number of imidazole rings is 1. The van der Waals surface area contributed by atoms with Gasteiger partial charge in [0.2, 0.25) is 5.91 Å². The summed E-state index contributed by atoms with van der Waals surface area (Å²) in [5, 5.41) is 13.3. The number of nitrogens with one attached hydrogen (secondary N) is 1. The van der Waals surface area contributed by atoms with Crippen molar-refractivity contribution in [2.75, 3.05) is 13.1 Å². The lowest BCUT2D eigenvalue weighted by Gasteiger charge is -2.22. The molecular weight excluding hydrogens is 344 g/mol. The van der Waals surface area contributed by atoms with Gasteiger partial charge in [-0.15, -0.1) is 0 Å². The lowest BCUT2D eigenvalue weighted by molar-refractivity contribution is -0.125. The van der Waals surface area contributed by atoms with E-state index in [1.165, 1.54) is 0 Å². The highest BCUT2D eigenvalue weighted by atomic mass is 16.3. The number of fused-ring (bicyclic) bond motifs is 1. The van der Waals surface area contributed by atoms with Gasteiger partial charge in [0.25, 0.3) is 5.91 Å². The molecule has 1 aromatic carbocycles. The zero-order valence-corrected chi connectivity index (χ0v) is 16.4. The molecule has 0 radical (unpaired) electrons. The number of amides is 2. The van der Waals surface area contributed by atoms with E-state index in [1.807, 2.05) is 50.6 Å². The number of hydrogen-bond acceptors (Lipinski definition) is 4. The van der Waals surface area contributed by atoms with E-state index in [9.17, 15) is 14.7 Å². The molecule has 1 saturated heterocycles. The van der Waals surface area contributed by atoms with Gasteiger partial charge in [-0.2, -0.15) is 0 Å². The number of hydrogen-bond donors (Lipinski definition) is 2. The Bertz CT molecular complexity index is 858. The number of nitrogens with zero attached hydrogens (tertiary/aromatic N) is 3. The van der Waals surface area contributed by atoms with E-state index in [-0.39, 0.29) is 23.8 Å². The Labute approximate surface area is 159 Å². The minimum atomic E-state index is -0.647. The Morgan fingerprint density at radius 2 is 1.96 bits per heavy atom. The molecule has 146 valence electrons. The van der Waals surface area contributed by atoms with Gasteiger partial charge in [0.05, 0.1) is 23.2 Å². The minimum Gasteiger partial charge on any atom is -0.391 e. The lowest BCUT2D eigenvalue weighted by atomic mass is 10.1. The second-order valence-corrected chi connectivity index (χ2v) is 7.63. The third-order valence-electron chi connectivity index (χ3n) is 5.36. The number of aliphatic hydroxyl groups excluding tert-OH is 1. The van der Waals surface area contributed by atoms with Crippen LogP contribution >= 0.6 is 0 Å². The van der Waals surface area contributed by atoms with E-state index < -0.39 is 6.10 Å². The van der Waals surface area contributed by atoms with Gasteiger partial charge in [-0.25, -0.2) is 4.98 Å². The van der Waals surface area contributed by atoms with Gasteiger partial charge >= 0.3 is 0 Å². The standard InChI is InChI=1S/C20H28N4O3/c1-12(2)19(26)22-15-7-9-24(10-8-18(15)25)20(27)14-5-6-17-16(11-14)21-13(3)23(17)4/h5-6,11-12,15,18,25H,7-10H2,1-4H3,(H,22,26)/t15-,18-/m0/s1. The fourth-order valence-electron chi connectivity index (χ4n) is 3.45. The molecule has 0 unspecified atom stereocenters. The number of aliphatic hydroxyl groups is 1. The van der Waals surface area contributed by atoms with E-state index in [0.717, 1.165) is 16.9 Å². The molecule has 0 spiro atoms. The largest absolute Gasteiger partial charge is 0.391 e. The molecule has 0 aliphatic carbocycles. The molecule has 0 bridgehead atoms. The summed E-state index contributed by atoms with van der Waals surface area (Å²) in [7, 11) is 1.95. The van der Waals surface area contributed by atoms with E-state index >= 15 is 0 Å². The highest BCUT2D eigenvalue weighted by molar-refractivity contribution is 5.97. The number of benzene rings is 1. The average Bonchev–Trinajstić information content (AvgIpc) is 2.80. The van der Waals surface area contributed by atoms with Crippen LogP contribution in [0.4, 0.5) is 0 Å². The van der Waals surface area contributed by atoms with Gasteiger partial charge in [0.1, 0.15) is 5.82 Å². The molecule has 2 aromatic rings. The van der Waals surface area contributed by atoms with Crippen molar-refractivity contribution in [1.82, 2.24) is 19.8 Å². The first-order chi connectivity index (χ1) is 12.8. The number of rotatable bonds is 3. The van der Waals surface area contributed by atoms with Gasteiger partial charge < -0.3 is 19.9 Å². The monoisotopic (exact) mass is 372 g/mol. The first-order valence-electron chi connectivity index (χ1n) is 9.48. The Hall–Kier alpha value is -2.41. The predicted octanol–water partition coefficient (Wildman–Crippen LogP) is 1.62. The van der Waals surface area contributed by atoms with Gasteiger partial charge in [0.15, 0.2) is 0 Å². The maximum Gasteiger partial charge on any atom is 0.253 e. The van der Waals surface area contributed by atoms with Gasteiger partial charge in [-0.3, -0.25) is 9.59 Å². The highest BCUT2D eigenvalue weighted by Gasteiger charge is 2.29. The molecular formula is C20H28N4O3. The normalized spacial score (nSPS) is 20.7. The maximum atomic E-state index is 13.0. The predicted molar refractivity (Wildman–Crippen MR) is 103 cm³/mol. The lowest BCUT2D eigenvalue weighted by Crippen LogP contribution is -2.44. The van der Waals surface area contributed by atoms with Crippen LogP contribution < -0.4 is 5.32 Å².